The molecule has 9 rings (SSSR count). The zero-order valence-electron chi connectivity index (χ0n) is 24.4. The zero-order chi connectivity index (χ0) is 29.7. The van der Waals surface area contributed by atoms with Gasteiger partial charge in [-0.25, -0.2) is 0 Å². The van der Waals surface area contributed by atoms with Gasteiger partial charge in [-0.15, -0.1) is 11.3 Å². The Bertz CT molecular complexity index is 2470. The smallest absolute Gasteiger partial charge is 0.137 e. The molecule has 2 heterocycles. The minimum atomic E-state index is 0.885. The Morgan fingerprint density at radius 3 is 1.76 bits per heavy atom. The number of para-hydroxylation sites is 1. The third-order valence-electron chi connectivity index (χ3n) is 8.69. The standard InChI is InChI=1S/C42H27NOS/c1-2-9-28(10-3-1)29-17-19-30(20-18-29)31-21-23-32(24-22-31)43(33-25-26-41-36(27-33)34-11-5-7-16-40(34)45-41)37-13-8-15-39-42(37)35-12-4-6-14-38(35)44-39/h1-27H. The van der Waals surface area contributed by atoms with Gasteiger partial charge in [0.1, 0.15) is 11.2 Å². The topological polar surface area (TPSA) is 16.4 Å². The van der Waals surface area contributed by atoms with E-state index in [9.17, 15) is 0 Å². The lowest BCUT2D eigenvalue weighted by atomic mass is 10.00. The van der Waals surface area contributed by atoms with Crippen molar-refractivity contribution in [2.45, 2.75) is 0 Å². The summed E-state index contributed by atoms with van der Waals surface area (Å²) >= 11 is 1.85. The molecule has 0 amide bonds. The van der Waals surface area contributed by atoms with E-state index in [0.29, 0.717) is 0 Å². The molecule has 0 aliphatic heterocycles. The summed E-state index contributed by atoms with van der Waals surface area (Å²) in [4.78, 5) is 2.37. The average Bonchev–Trinajstić information content (AvgIpc) is 3.68. The summed E-state index contributed by atoms with van der Waals surface area (Å²) in [6, 6.07) is 58.5. The molecule has 7 aromatic carbocycles. The third kappa shape index (κ3) is 4.40. The van der Waals surface area contributed by atoms with E-state index in [1.54, 1.807) is 0 Å². The maximum absolute atomic E-state index is 6.32. The Hall–Kier alpha value is -5.64. The second-order valence-corrected chi connectivity index (χ2v) is 12.4. The lowest BCUT2D eigenvalue weighted by Crippen LogP contribution is -2.10. The molecule has 3 heteroatoms. The highest BCUT2D eigenvalue weighted by Crippen LogP contribution is 2.45. The maximum Gasteiger partial charge on any atom is 0.137 e. The lowest BCUT2D eigenvalue weighted by molar-refractivity contribution is 0.669. The summed E-state index contributed by atoms with van der Waals surface area (Å²) in [5, 5.41) is 4.80. The molecule has 0 aliphatic rings. The van der Waals surface area contributed by atoms with Crippen molar-refractivity contribution in [1.29, 1.82) is 0 Å². The minimum Gasteiger partial charge on any atom is -0.456 e. The van der Waals surface area contributed by atoms with Gasteiger partial charge in [-0.1, -0.05) is 109 Å². The second kappa shape index (κ2) is 10.5. The fourth-order valence-electron chi connectivity index (χ4n) is 6.51. The van der Waals surface area contributed by atoms with Gasteiger partial charge in [0.15, 0.2) is 0 Å². The highest BCUT2D eigenvalue weighted by Gasteiger charge is 2.20. The Morgan fingerprint density at radius 1 is 0.400 bits per heavy atom. The van der Waals surface area contributed by atoms with Crippen molar-refractivity contribution < 1.29 is 4.42 Å². The number of hydrogen-bond donors (Lipinski definition) is 0. The Balaban J connectivity index is 1.20. The number of fused-ring (bicyclic) bond motifs is 6. The Morgan fingerprint density at radius 2 is 0.978 bits per heavy atom. The number of benzene rings is 7. The highest BCUT2D eigenvalue weighted by atomic mass is 32.1. The van der Waals surface area contributed by atoms with Crippen LogP contribution in [0.25, 0.3) is 64.4 Å². The van der Waals surface area contributed by atoms with Crippen LogP contribution in [-0.2, 0) is 0 Å². The van der Waals surface area contributed by atoms with E-state index in [1.165, 1.54) is 42.4 Å². The fraction of sp³-hybridized carbons (Fsp3) is 0. The SMILES string of the molecule is c1ccc(-c2ccc(-c3ccc(N(c4ccc5sc6ccccc6c5c4)c4cccc5oc6ccccc6c45)cc3)cc2)cc1. The van der Waals surface area contributed by atoms with Crippen molar-refractivity contribution in [1.82, 2.24) is 0 Å². The first-order valence-corrected chi connectivity index (χ1v) is 16.0. The molecule has 0 spiro atoms. The lowest BCUT2D eigenvalue weighted by Gasteiger charge is -2.26. The van der Waals surface area contributed by atoms with E-state index in [4.69, 9.17) is 4.42 Å². The Kier molecular flexibility index (Phi) is 6.03. The molecule has 45 heavy (non-hydrogen) atoms. The summed E-state index contributed by atoms with van der Waals surface area (Å²) in [5.74, 6) is 0. The number of hydrogen-bond acceptors (Lipinski definition) is 3. The molecule has 0 bridgehead atoms. The van der Waals surface area contributed by atoms with Crippen LogP contribution in [0.4, 0.5) is 17.1 Å². The molecule has 0 saturated carbocycles. The molecule has 2 nitrogen and oxygen atoms in total. The molecule has 0 unspecified atom stereocenters. The molecule has 0 radical (unpaired) electrons. The van der Waals surface area contributed by atoms with Gasteiger partial charge in [-0.05, 0) is 76.9 Å². The third-order valence-corrected chi connectivity index (χ3v) is 9.84. The van der Waals surface area contributed by atoms with Crippen molar-refractivity contribution in [2.24, 2.45) is 0 Å². The van der Waals surface area contributed by atoms with Crippen LogP contribution in [0.5, 0.6) is 0 Å². The molecule has 0 fully saturated rings. The van der Waals surface area contributed by atoms with Crippen LogP contribution in [0, 0.1) is 0 Å². The van der Waals surface area contributed by atoms with E-state index in [0.717, 1.165) is 39.0 Å². The van der Waals surface area contributed by atoms with Crippen LogP contribution in [0.1, 0.15) is 0 Å². The van der Waals surface area contributed by atoms with E-state index in [1.807, 2.05) is 23.5 Å². The molecular weight excluding hydrogens is 567 g/mol. The van der Waals surface area contributed by atoms with Gasteiger partial charge in [-0.3, -0.25) is 0 Å². The van der Waals surface area contributed by atoms with E-state index >= 15 is 0 Å². The first-order valence-electron chi connectivity index (χ1n) is 15.2. The quantitative estimate of drug-likeness (QED) is 0.197. The summed E-state index contributed by atoms with van der Waals surface area (Å²) in [6.45, 7) is 0. The van der Waals surface area contributed by atoms with Gasteiger partial charge in [0.2, 0.25) is 0 Å². The van der Waals surface area contributed by atoms with Gasteiger partial charge in [0.05, 0.1) is 11.1 Å². The molecule has 212 valence electrons. The minimum absolute atomic E-state index is 0.885. The van der Waals surface area contributed by atoms with Crippen LogP contribution < -0.4 is 4.90 Å². The van der Waals surface area contributed by atoms with Crippen LogP contribution in [0.2, 0.25) is 0 Å². The predicted octanol–water partition coefficient (Wildman–Crippen LogP) is 12.8. The maximum atomic E-state index is 6.32. The summed E-state index contributed by atoms with van der Waals surface area (Å²) in [6.07, 6.45) is 0. The average molecular weight is 594 g/mol. The molecule has 0 aliphatic carbocycles. The number of thiophene rings is 1. The van der Waals surface area contributed by atoms with Crippen LogP contribution in [0.15, 0.2) is 168 Å². The van der Waals surface area contributed by atoms with Gasteiger partial charge < -0.3 is 9.32 Å². The summed E-state index contributed by atoms with van der Waals surface area (Å²) in [7, 11) is 0. The molecule has 0 saturated heterocycles. The van der Waals surface area contributed by atoms with Crippen molar-refractivity contribution >= 4 is 70.5 Å². The van der Waals surface area contributed by atoms with Crippen molar-refractivity contribution in [3.63, 3.8) is 0 Å². The number of rotatable bonds is 5. The van der Waals surface area contributed by atoms with E-state index in [2.05, 4.69) is 157 Å². The van der Waals surface area contributed by atoms with Gasteiger partial charge in [0, 0.05) is 36.9 Å². The van der Waals surface area contributed by atoms with Crippen molar-refractivity contribution in [3.8, 4) is 22.3 Å². The first kappa shape index (κ1) is 25.8. The van der Waals surface area contributed by atoms with Gasteiger partial charge in [0.25, 0.3) is 0 Å². The number of nitrogens with zero attached hydrogens (tertiary/aromatic N) is 1. The number of anilines is 3. The van der Waals surface area contributed by atoms with Crippen LogP contribution >= 0.6 is 11.3 Å². The van der Waals surface area contributed by atoms with Crippen LogP contribution in [0.3, 0.4) is 0 Å². The molecule has 2 aromatic heterocycles. The van der Waals surface area contributed by atoms with Crippen LogP contribution in [-0.4, -0.2) is 0 Å². The summed E-state index contributed by atoms with van der Waals surface area (Å²) in [5.41, 5.74) is 9.91. The predicted molar refractivity (Wildman–Crippen MR) is 192 cm³/mol. The van der Waals surface area contributed by atoms with Crippen molar-refractivity contribution in [2.75, 3.05) is 4.90 Å². The summed E-state index contributed by atoms with van der Waals surface area (Å²) < 4.78 is 8.92. The number of furan rings is 1. The largest absolute Gasteiger partial charge is 0.456 e. The first-order chi connectivity index (χ1) is 22.3. The second-order valence-electron chi connectivity index (χ2n) is 11.4. The molecule has 9 aromatic rings. The molecule has 0 N–H and O–H groups in total. The van der Waals surface area contributed by atoms with E-state index < -0.39 is 0 Å². The normalized spacial score (nSPS) is 11.6. The van der Waals surface area contributed by atoms with Gasteiger partial charge >= 0.3 is 0 Å². The van der Waals surface area contributed by atoms with Crippen molar-refractivity contribution in [3.05, 3.63) is 164 Å². The zero-order valence-corrected chi connectivity index (χ0v) is 25.2. The fourth-order valence-corrected chi connectivity index (χ4v) is 7.60. The molecular formula is C42H27NOS. The monoisotopic (exact) mass is 593 g/mol. The highest BCUT2D eigenvalue weighted by molar-refractivity contribution is 7.25. The van der Waals surface area contributed by atoms with E-state index in [-0.39, 0.29) is 0 Å². The van der Waals surface area contributed by atoms with Gasteiger partial charge in [-0.2, -0.15) is 0 Å². The Labute approximate surface area is 265 Å². The molecule has 0 atom stereocenters.